The highest BCUT2D eigenvalue weighted by atomic mass is 32.2. The predicted octanol–water partition coefficient (Wildman–Crippen LogP) is 1.45. The molecule has 1 aromatic rings. The molecule has 8 heteroatoms. The standard InChI is InChI=1S/C8H7F3O4S/c1-14-8-6(11)4(9)3-5(10)7(8)15-16(2,12)13/h3H,1-2H3. The Kier molecular flexibility index (Phi) is 3.32. The first kappa shape index (κ1) is 12.6. The van der Waals surface area contributed by atoms with Crippen LogP contribution in [0, 0.1) is 17.5 Å². The summed E-state index contributed by atoms with van der Waals surface area (Å²) >= 11 is 0. The summed E-state index contributed by atoms with van der Waals surface area (Å²) in [5.41, 5.74) is 0. The molecule has 0 aliphatic carbocycles. The molecular weight excluding hydrogens is 249 g/mol. The molecule has 16 heavy (non-hydrogen) atoms. The van der Waals surface area contributed by atoms with Gasteiger partial charge >= 0.3 is 10.1 Å². The van der Waals surface area contributed by atoms with E-state index in [1.807, 2.05) is 0 Å². The minimum absolute atomic E-state index is 0.165. The molecule has 0 amide bonds. The molecule has 0 N–H and O–H groups in total. The molecule has 90 valence electrons. The van der Waals surface area contributed by atoms with E-state index in [-0.39, 0.29) is 6.07 Å². The molecule has 0 spiro atoms. The van der Waals surface area contributed by atoms with Crippen LogP contribution >= 0.6 is 0 Å². The highest BCUT2D eigenvalue weighted by Crippen LogP contribution is 2.35. The lowest BCUT2D eigenvalue weighted by atomic mass is 10.3. The van der Waals surface area contributed by atoms with Crippen LogP contribution in [0.25, 0.3) is 0 Å². The Morgan fingerprint density at radius 2 is 1.69 bits per heavy atom. The number of rotatable bonds is 3. The summed E-state index contributed by atoms with van der Waals surface area (Å²) in [6, 6.07) is 0.165. The summed E-state index contributed by atoms with van der Waals surface area (Å²) < 4.78 is 69.0. The maximum atomic E-state index is 13.1. The van der Waals surface area contributed by atoms with Gasteiger partial charge in [0.1, 0.15) is 0 Å². The van der Waals surface area contributed by atoms with Gasteiger partial charge in [-0.3, -0.25) is 0 Å². The maximum Gasteiger partial charge on any atom is 0.306 e. The third-order valence-corrected chi connectivity index (χ3v) is 1.99. The third-order valence-electron chi connectivity index (χ3n) is 1.52. The van der Waals surface area contributed by atoms with Crippen LogP contribution in [-0.4, -0.2) is 21.8 Å². The monoisotopic (exact) mass is 256 g/mol. The van der Waals surface area contributed by atoms with Crippen molar-refractivity contribution in [2.24, 2.45) is 0 Å². The van der Waals surface area contributed by atoms with E-state index in [4.69, 9.17) is 0 Å². The molecule has 0 heterocycles. The largest absolute Gasteiger partial charge is 0.490 e. The van der Waals surface area contributed by atoms with Gasteiger partial charge in [0, 0.05) is 6.07 Å². The first-order valence-corrected chi connectivity index (χ1v) is 5.69. The van der Waals surface area contributed by atoms with E-state index in [2.05, 4.69) is 8.92 Å². The molecule has 4 nitrogen and oxygen atoms in total. The fourth-order valence-corrected chi connectivity index (χ4v) is 1.43. The molecule has 1 aromatic carbocycles. The SMILES string of the molecule is COc1c(F)c(F)cc(F)c1OS(C)(=O)=O. The van der Waals surface area contributed by atoms with Gasteiger partial charge < -0.3 is 8.92 Å². The molecule has 0 atom stereocenters. The summed E-state index contributed by atoms with van der Waals surface area (Å²) in [5.74, 6) is -6.36. The second-order valence-corrected chi connectivity index (χ2v) is 4.38. The lowest BCUT2D eigenvalue weighted by Crippen LogP contribution is -2.09. The summed E-state index contributed by atoms with van der Waals surface area (Å²) in [6.07, 6.45) is 0.632. The first-order valence-electron chi connectivity index (χ1n) is 3.87. The van der Waals surface area contributed by atoms with E-state index < -0.39 is 39.1 Å². The van der Waals surface area contributed by atoms with Gasteiger partial charge in [-0.1, -0.05) is 0 Å². The van der Waals surface area contributed by atoms with Gasteiger partial charge in [0.2, 0.25) is 17.3 Å². The fourth-order valence-electron chi connectivity index (χ4n) is 0.968. The number of methoxy groups -OCH3 is 1. The summed E-state index contributed by atoms with van der Waals surface area (Å²) in [5, 5.41) is 0. The Morgan fingerprint density at radius 3 is 2.12 bits per heavy atom. The second-order valence-electron chi connectivity index (χ2n) is 2.80. The van der Waals surface area contributed by atoms with Gasteiger partial charge in [-0.15, -0.1) is 0 Å². The van der Waals surface area contributed by atoms with Gasteiger partial charge in [0.15, 0.2) is 11.6 Å². The van der Waals surface area contributed by atoms with Crippen molar-refractivity contribution >= 4 is 10.1 Å². The van der Waals surface area contributed by atoms with E-state index in [0.717, 1.165) is 7.11 Å². The highest BCUT2D eigenvalue weighted by molar-refractivity contribution is 7.86. The minimum atomic E-state index is -4.07. The molecule has 0 saturated carbocycles. The van der Waals surface area contributed by atoms with Crippen molar-refractivity contribution in [3.63, 3.8) is 0 Å². The number of hydrogen-bond donors (Lipinski definition) is 0. The van der Waals surface area contributed by atoms with Crippen LogP contribution < -0.4 is 8.92 Å². The van der Waals surface area contributed by atoms with Crippen molar-refractivity contribution < 1.29 is 30.5 Å². The molecular formula is C8H7F3O4S. The molecule has 1 rings (SSSR count). The molecule has 0 aliphatic rings. The van der Waals surface area contributed by atoms with Crippen LogP contribution in [0.15, 0.2) is 6.07 Å². The third kappa shape index (κ3) is 2.57. The predicted molar refractivity (Wildman–Crippen MR) is 48.3 cm³/mol. The normalized spacial score (nSPS) is 11.3. The zero-order valence-electron chi connectivity index (χ0n) is 8.25. The number of benzene rings is 1. The summed E-state index contributed by atoms with van der Waals surface area (Å²) in [4.78, 5) is 0. The zero-order chi connectivity index (χ0) is 12.5. The first-order chi connectivity index (χ1) is 7.26. The van der Waals surface area contributed by atoms with E-state index in [1.165, 1.54) is 0 Å². The molecule has 0 saturated heterocycles. The second kappa shape index (κ2) is 4.20. The van der Waals surface area contributed by atoms with Crippen LogP contribution in [-0.2, 0) is 10.1 Å². The number of hydrogen-bond acceptors (Lipinski definition) is 4. The molecule has 0 bridgehead atoms. The van der Waals surface area contributed by atoms with Crippen molar-refractivity contribution in [3.05, 3.63) is 23.5 Å². The Labute approximate surface area is 89.7 Å². The van der Waals surface area contributed by atoms with Crippen LogP contribution in [0.4, 0.5) is 13.2 Å². The van der Waals surface area contributed by atoms with E-state index in [1.54, 1.807) is 0 Å². The topological polar surface area (TPSA) is 52.6 Å². The van der Waals surface area contributed by atoms with Crippen LogP contribution in [0.2, 0.25) is 0 Å². The fraction of sp³-hybridized carbons (Fsp3) is 0.250. The van der Waals surface area contributed by atoms with E-state index in [9.17, 15) is 21.6 Å². The summed E-state index contributed by atoms with van der Waals surface area (Å²) in [6.45, 7) is 0. The molecule has 0 radical (unpaired) electrons. The van der Waals surface area contributed by atoms with Crippen LogP contribution in [0.3, 0.4) is 0 Å². The zero-order valence-corrected chi connectivity index (χ0v) is 9.07. The molecule has 0 unspecified atom stereocenters. The lowest BCUT2D eigenvalue weighted by molar-refractivity contribution is 0.343. The van der Waals surface area contributed by atoms with Gasteiger partial charge in [0.05, 0.1) is 13.4 Å². The smallest absolute Gasteiger partial charge is 0.306 e. The Hall–Kier alpha value is -1.44. The Bertz CT molecular complexity index is 513. The van der Waals surface area contributed by atoms with Crippen molar-refractivity contribution in [1.29, 1.82) is 0 Å². The quantitative estimate of drug-likeness (QED) is 0.606. The average Bonchev–Trinajstić information content (AvgIpc) is 2.13. The maximum absolute atomic E-state index is 13.1. The van der Waals surface area contributed by atoms with Crippen molar-refractivity contribution in [2.45, 2.75) is 0 Å². The number of halogens is 3. The minimum Gasteiger partial charge on any atom is -0.490 e. The lowest BCUT2D eigenvalue weighted by Gasteiger charge is -2.10. The summed E-state index contributed by atoms with van der Waals surface area (Å²) in [7, 11) is -3.15. The Balaban J connectivity index is 3.43. The van der Waals surface area contributed by atoms with Crippen LogP contribution in [0.5, 0.6) is 11.5 Å². The van der Waals surface area contributed by atoms with Gasteiger partial charge in [-0.05, 0) is 0 Å². The Morgan fingerprint density at radius 1 is 1.12 bits per heavy atom. The van der Waals surface area contributed by atoms with Crippen molar-refractivity contribution in [2.75, 3.05) is 13.4 Å². The van der Waals surface area contributed by atoms with Crippen molar-refractivity contribution in [3.8, 4) is 11.5 Å². The van der Waals surface area contributed by atoms with Crippen molar-refractivity contribution in [1.82, 2.24) is 0 Å². The average molecular weight is 256 g/mol. The molecule has 0 aliphatic heterocycles. The van der Waals surface area contributed by atoms with Gasteiger partial charge in [-0.2, -0.15) is 12.8 Å². The highest BCUT2D eigenvalue weighted by Gasteiger charge is 2.23. The molecule has 0 fully saturated rings. The van der Waals surface area contributed by atoms with Crippen LogP contribution in [0.1, 0.15) is 0 Å². The molecule has 0 aromatic heterocycles. The van der Waals surface area contributed by atoms with E-state index in [0.29, 0.717) is 6.26 Å². The number of ether oxygens (including phenoxy) is 1. The van der Waals surface area contributed by atoms with Gasteiger partial charge in [-0.25, -0.2) is 8.78 Å². The van der Waals surface area contributed by atoms with E-state index >= 15 is 0 Å². The van der Waals surface area contributed by atoms with Gasteiger partial charge in [0.25, 0.3) is 0 Å².